The molecule has 1 heterocycles. The van der Waals surface area contributed by atoms with Crippen LogP contribution in [0, 0.1) is 5.92 Å². The van der Waals surface area contributed by atoms with Crippen LogP contribution in [0.4, 0.5) is 5.82 Å². The predicted molar refractivity (Wildman–Crippen MR) is 74.3 cm³/mol. The zero-order valence-corrected chi connectivity index (χ0v) is 11.8. The van der Waals surface area contributed by atoms with E-state index >= 15 is 0 Å². The highest BCUT2D eigenvalue weighted by Crippen LogP contribution is 2.37. The zero-order chi connectivity index (χ0) is 13.3. The molecule has 1 aromatic rings. The molecule has 0 spiro atoms. The molecule has 1 fully saturated rings. The lowest BCUT2D eigenvalue weighted by Crippen LogP contribution is -2.19. The number of aromatic nitrogens is 2. The molecule has 1 aliphatic carbocycles. The number of nitrogens with two attached hydrogens (primary N) is 1. The molecule has 2 unspecified atom stereocenters. The Bertz CT molecular complexity index is 422. The molecule has 18 heavy (non-hydrogen) atoms. The van der Waals surface area contributed by atoms with Crippen LogP contribution in [-0.4, -0.2) is 9.97 Å². The second-order valence-electron chi connectivity index (χ2n) is 6.51. The fourth-order valence-electron chi connectivity index (χ4n) is 2.55. The van der Waals surface area contributed by atoms with Gasteiger partial charge in [-0.2, -0.15) is 0 Å². The van der Waals surface area contributed by atoms with E-state index in [9.17, 15) is 0 Å². The van der Waals surface area contributed by atoms with Crippen LogP contribution in [0.25, 0.3) is 0 Å². The fraction of sp³-hybridized carbons (Fsp3) is 0.714. The first kappa shape index (κ1) is 13.3. The van der Waals surface area contributed by atoms with E-state index in [-0.39, 0.29) is 5.41 Å². The molecule has 4 nitrogen and oxygen atoms in total. The average Bonchev–Trinajstić information content (AvgIpc) is 2.74. The van der Waals surface area contributed by atoms with E-state index in [1.54, 1.807) is 0 Å². The number of nitrogens with zero attached hydrogens (tertiary/aromatic N) is 2. The molecule has 0 saturated heterocycles. The SMILES string of the molecule is CC1CCC(c2nc(NN)cc(C(C)(C)C)n2)C1. The van der Waals surface area contributed by atoms with Crippen molar-refractivity contribution < 1.29 is 0 Å². The van der Waals surface area contributed by atoms with E-state index in [1.165, 1.54) is 19.3 Å². The number of hydrazine groups is 1. The molecule has 1 aromatic heterocycles. The van der Waals surface area contributed by atoms with Gasteiger partial charge in [0.1, 0.15) is 11.6 Å². The van der Waals surface area contributed by atoms with Gasteiger partial charge in [0, 0.05) is 17.4 Å². The minimum atomic E-state index is 0.0213. The third-order valence-electron chi connectivity index (χ3n) is 3.72. The summed E-state index contributed by atoms with van der Waals surface area (Å²) in [6, 6.07) is 1.95. The van der Waals surface area contributed by atoms with Crippen LogP contribution >= 0.6 is 0 Å². The highest BCUT2D eigenvalue weighted by Gasteiger charge is 2.27. The van der Waals surface area contributed by atoms with Crippen LogP contribution in [0.15, 0.2) is 6.07 Å². The molecule has 3 N–H and O–H groups in total. The fourth-order valence-corrected chi connectivity index (χ4v) is 2.55. The molecule has 0 amide bonds. The number of rotatable bonds is 2. The first-order valence-electron chi connectivity index (χ1n) is 6.76. The standard InChI is InChI=1S/C14H24N4/c1-9-5-6-10(7-9)13-16-11(14(2,3)4)8-12(17-13)18-15/h8-10H,5-7,15H2,1-4H3,(H,16,17,18). The molecule has 0 aliphatic heterocycles. The second kappa shape index (κ2) is 4.84. The van der Waals surface area contributed by atoms with E-state index in [0.717, 1.165) is 23.3 Å². The molecule has 4 heteroatoms. The molecule has 100 valence electrons. The van der Waals surface area contributed by atoms with Crippen molar-refractivity contribution in [3.8, 4) is 0 Å². The van der Waals surface area contributed by atoms with Crippen LogP contribution in [-0.2, 0) is 5.41 Å². The third-order valence-corrected chi connectivity index (χ3v) is 3.72. The molecule has 0 bridgehead atoms. The Kier molecular flexibility index (Phi) is 3.57. The van der Waals surface area contributed by atoms with Gasteiger partial charge >= 0.3 is 0 Å². The first-order chi connectivity index (χ1) is 8.40. The summed E-state index contributed by atoms with van der Waals surface area (Å²) in [5.41, 5.74) is 3.74. The van der Waals surface area contributed by atoms with Gasteiger partial charge < -0.3 is 5.43 Å². The van der Waals surface area contributed by atoms with Crippen molar-refractivity contribution >= 4 is 5.82 Å². The highest BCUT2D eigenvalue weighted by atomic mass is 15.3. The van der Waals surface area contributed by atoms with Gasteiger partial charge in [0.15, 0.2) is 0 Å². The van der Waals surface area contributed by atoms with E-state index in [1.807, 2.05) is 6.07 Å². The summed E-state index contributed by atoms with van der Waals surface area (Å²) in [5.74, 6) is 8.48. The number of nitrogens with one attached hydrogen (secondary N) is 1. The topological polar surface area (TPSA) is 63.8 Å². The summed E-state index contributed by atoms with van der Waals surface area (Å²) in [5, 5.41) is 0. The number of hydrogen-bond acceptors (Lipinski definition) is 4. The smallest absolute Gasteiger partial charge is 0.143 e. The van der Waals surface area contributed by atoms with Crippen molar-refractivity contribution in [3.63, 3.8) is 0 Å². The molecule has 2 atom stereocenters. The van der Waals surface area contributed by atoms with Gasteiger partial charge in [-0.3, -0.25) is 0 Å². The van der Waals surface area contributed by atoms with Gasteiger partial charge in [0.05, 0.1) is 5.69 Å². The Hall–Kier alpha value is -1.16. The monoisotopic (exact) mass is 248 g/mol. The predicted octanol–water partition coefficient (Wildman–Crippen LogP) is 2.96. The van der Waals surface area contributed by atoms with Gasteiger partial charge in [-0.05, 0) is 25.2 Å². The maximum absolute atomic E-state index is 5.52. The molecule has 1 aliphatic rings. The number of hydrogen-bond donors (Lipinski definition) is 2. The van der Waals surface area contributed by atoms with Crippen molar-refractivity contribution in [2.45, 2.75) is 58.3 Å². The van der Waals surface area contributed by atoms with E-state index in [0.29, 0.717) is 5.92 Å². The summed E-state index contributed by atoms with van der Waals surface area (Å²) in [6.45, 7) is 8.79. The van der Waals surface area contributed by atoms with Crippen molar-refractivity contribution in [1.82, 2.24) is 9.97 Å². The van der Waals surface area contributed by atoms with Crippen molar-refractivity contribution in [2.24, 2.45) is 11.8 Å². The molecule has 1 saturated carbocycles. The Labute approximate surface area is 109 Å². The van der Waals surface area contributed by atoms with Gasteiger partial charge in [-0.15, -0.1) is 0 Å². The molecular weight excluding hydrogens is 224 g/mol. The van der Waals surface area contributed by atoms with Crippen LogP contribution < -0.4 is 11.3 Å². The minimum Gasteiger partial charge on any atom is -0.308 e. The number of anilines is 1. The summed E-state index contributed by atoms with van der Waals surface area (Å²) >= 11 is 0. The van der Waals surface area contributed by atoms with E-state index < -0.39 is 0 Å². The molecular formula is C14H24N4. The van der Waals surface area contributed by atoms with Crippen molar-refractivity contribution in [1.29, 1.82) is 0 Å². The third kappa shape index (κ3) is 2.80. The maximum Gasteiger partial charge on any atom is 0.143 e. The van der Waals surface area contributed by atoms with Gasteiger partial charge in [0.25, 0.3) is 0 Å². The van der Waals surface area contributed by atoms with Gasteiger partial charge in [0.2, 0.25) is 0 Å². The Morgan fingerprint density at radius 1 is 1.28 bits per heavy atom. The molecule has 0 aromatic carbocycles. The van der Waals surface area contributed by atoms with Crippen LogP contribution in [0.5, 0.6) is 0 Å². The summed E-state index contributed by atoms with van der Waals surface area (Å²) < 4.78 is 0. The number of nitrogen functional groups attached to an aromatic ring is 1. The van der Waals surface area contributed by atoms with Gasteiger partial charge in [-0.25, -0.2) is 15.8 Å². The maximum atomic E-state index is 5.52. The van der Waals surface area contributed by atoms with Crippen molar-refractivity contribution in [2.75, 3.05) is 5.43 Å². The summed E-state index contributed by atoms with van der Waals surface area (Å²) in [4.78, 5) is 9.30. The largest absolute Gasteiger partial charge is 0.308 e. The molecule has 2 rings (SSSR count). The molecule has 0 radical (unpaired) electrons. The summed E-state index contributed by atoms with van der Waals surface area (Å²) in [6.07, 6.45) is 3.66. The van der Waals surface area contributed by atoms with Crippen LogP contribution in [0.3, 0.4) is 0 Å². The van der Waals surface area contributed by atoms with Crippen LogP contribution in [0.1, 0.15) is 64.4 Å². The lowest BCUT2D eigenvalue weighted by Gasteiger charge is -2.20. The minimum absolute atomic E-state index is 0.0213. The highest BCUT2D eigenvalue weighted by molar-refractivity contribution is 5.37. The van der Waals surface area contributed by atoms with E-state index in [2.05, 4.69) is 38.1 Å². The van der Waals surface area contributed by atoms with Crippen LogP contribution in [0.2, 0.25) is 0 Å². The lowest BCUT2D eigenvalue weighted by atomic mass is 9.91. The Morgan fingerprint density at radius 3 is 2.50 bits per heavy atom. The Balaban J connectivity index is 2.35. The quantitative estimate of drug-likeness (QED) is 0.624. The van der Waals surface area contributed by atoms with E-state index in [4.69, 9.17) is 10.8 Å². The first-order valence-corrected chi connectivity index (χ1v) is 6.76. The van der Waals surface area contributed by atoms with Gasteiger partial charge in [-0.1, -0.05) is 27.7 Å². The Morgan fingerprint density at radius 2 is 2.00 bits per heavy atom. The van der Waals surface area contributed by atoms with Crippen molar-refractivity contribution in [3.05, 3.63) is 17.6 Å². The lowest BCUT2D eigenvalue weighted by molar-refractivity contribution is 0.546. The average molecular weight is 248 g/mol. The normalized spacial score (nSPS) is 24.3. The summed E-state index contributed by atoms with van der Waals surface area (Å²) in [7, 11) is 0. The zero-order valence-electron chi connectivity index (χ0n) is 11.8. The second-order valence-corrected chi connectivity index (χ2v) is 6.51.